The molecule has 1 aliphatic rings. The van der Waals surface area contributed by atoms with Crippen molar-refractivity contribution in [2.45, 2.75) is 6.61 Å². The van der Waals surface area contributed by atoms with E-state index in [0.29, 0.717) is 18.0 Å². The van der Waals surface area contributed by atoms with Crippen LogP contribution in [-0.2, 0) is 16.2 Å². The summed E-state index contributed by atoms with van der Waals surface area (Å²) < 4.78 is 6.81. The summed E-state index contributed by atoms with van der Waals surface area (Å²) in [6.07, 6.45) is 1.58. The average molecular weight is 449 g/mol. The zero-order valence-corrected chi connectivity index (χ0v) is 16.9. The number of amides is 2. The number of carbonyl (C=O) groups is 2. The summed E-state index contributed by atoms with van der Waals surface area (Å²) in [5.74, 6) is -0.0886. The van der Waals surface area contributed by atoms with Crippen molar-refractivity contribution in [2.75, 3.05) is 5.01 Å². The summed E-state index contributed by atoms with van der Waals surface area (Å²) in [7, 11) is 0. The van der Waals surface area contributed by atoms with Crippen molar-refractivity contribution in [2.24, 2.45) is 0 Å². The van der Waals surface area contributed by atoms with Gasteiger partial charge in [-0.05, 0) is 53.6 Å². The zero-order chi connectivity index (χ0) is 20.2. The third-order valence-electron chi connectivity index (χ3n) is 4.42. The van der Waals surface area contributed by atoms with Gasteiger partial charge in [-0.3, -0.25) is 15.0 Å². The maximum atomic E-state index is 12.6. The molecule has 1 saturated heterocycles. The number of anilines is 1. The minimum atomic E-state index is -0.422. The van der Waals surface area contributed by atoms with E-state index in [1.807, 2.05) is 66.7 Å². The van der Waals surface area contributed by atoms with Gasteiger partial charge in [0.25, 0.3) is 11.8 Å². The molecule has 0 atom stereocenters. The van der Waals surface area contributed by atoms with Crippen LogP contribution in [-0.4, -0.2) is 11.8 Å². The molecule has 0 aromatic heterocycles. The standard InChI is InChI=1S/C23H17BrN2O3/c24-18-10-6-17(7-11-18)15-29-20-12-8-16(9-13-20)14-21-22(27)25-26(23(21)28)19-4-2-1-3-5-19/h1-14H,15H2,(H,25,27)/b21-14-. The molecule has 2 amide bonds. The molecule has 0 unspecified atom stereocenters. The second-order valence-electron chi connectivity index (χ2n) is 6.46. The Hall–Kier alpha value is -3.38. The second kappa shape index (κ2) is 8.32. The maximum absolute atomic E-state index is 12.6. The number of para-hydroxylation sites is 1. The van der Waals surface area contributed by atoms with Gasteiger partial charge in [0.2, 0.25) is 0 Å². The van der Waals surface area contributed by atoms with Crippen LogP contribution in [0.4, 0.5) is 5.69 Å². The van der Waals surface area contributed by atoms with Crippen molar-refractivity contribution in [1.29, 1.82) is 0 Å². The molecular weight excluding hydrogens is 432 g/mol. The number of ether oxygens (including phenoxy) is 1. The highest BCUT2D eigenvalue weighted by Gasteiger charge is 2.34. The molecule has 6 heteroatoms. The Morgan fingerprint density at radius 1 is 0.897 bits per heavy atom. The first-order valence-electron chi connectivity index (χ1n) is 9.00. The highest BCUT2D eigenvalue weighted by molar-refractivity contribution is 9.10. The number of hydrazine groups is 1. The summed E-state index contributed by atoms with van der Waals surface area (Å²) >= 11 is 3.41. The summed E-state index contributed by atoms with van der Waals surface area (Å²) in [5.41, 5.74) is 5.11. The van der Waals surface area contributed by atoms with Crippen LogP contribution in [0.1, 0.15) is 11.1 Å². The second-order valence-corrected chi connectivity index (χ2v) is 7.37. The molecular formula is C23H17BrN2O3. The van der Waals surface area contributed by atoms with Gasteiger partial charge in [-0.25, -0.2) is 5.01 Å². The van der Waals surface area contributed by atoms with E-state index in [1.54, 1.807) is 18.2 Å². The molecule has 3 aromatic rings. The van der Waals surface area contributed by atoms with Crippen LogP contribution in [0, 0.1) is 0 Å². The molecule has 29 heavy (non-hydrogen) atoms. The molecule has 5 nitrogen and oxygen atoms in total. The van der Waals surface area contributed by atoms with Crippen LogP contribution < -0.4 is 15.2 Å². The predicted molar refractivity (Wildman–Crippen MR) is 115 cm³/mol. The lowest BCUT2D eigenvalue weighted by atomic mass is 10.1. The van der Waals surface area contributed by atoms with E-state index in [1.165, 1.54) is 5.01 Å². The monoisotopic (exact) mass is 448 g/mol. The van der Waals surface area contributed by atoms with Gasteiger partial charge in [0, 0.05) is 4.47 Å². The minimum Gasteiger partial charge on any atom is -0.489 e. The number of halogens is 1. The first-order valence-corrected chi connectivity index (χ1v) is 9.79. The molecule has 1 heterocycles. The van der Waals surface area contributed by atoms with Crippen molar-refractivity contribution in [3.8, 4) is 5.75 Å². The van der Waals surface area contributed by atoms with E-state index >= 15 is 0 Å². The van der Waals surface area contributed by atoms with E-state index < -0.39 is 5.91 Å². The summed E-state index contributed by atoms with van der Waals surface area (Å²) in [4.78, 5) is 24.9. The molecule has 0 bridgehead atoms. The van der Waals surface area contributed by atoms with Gasteiger partial charge in [-0.2, -0.15) is 0 Å². The van der Waals surface area contributed by atoms with Gasteiger partial charge < -0.3 is 4.74 Å². The first-order chi connectivity index (χ1) is 14.1. The fraction of sp³-hybridized carbons (Fsp3) is 0.0435. The number of nitrogens with zero attached hydrogens (tertiary/aromatic N) is 1. The molecule has 144 valence electrons. The Bertz CT molecular complexity index is 1060. The fourth-order valence-electron chi connectivity index (χ4n) is 2.89. The Morgan fingerprint density at radius 3 is 2.28 bits per heavy atom. The van der Waals surface area contributed by atoms with Crippen molar-refractivity contribution >= 4 is 39.5 Å². The molecule has 0 spiro atoms. The van der Waals surface area contributed by atoms with Crippen LogP contribution in [0.5, 0.6) is 5.75 Å². The third kappa shape index (κ3) is 4.38. The van der Waals surface area contributed by atoms with Crippen LogP contribution in [0.25, 0.3) is 6.08 Å². The summed E-state index contributed by atoms with van der Waals surface area (Å²) in [5, 5.41) is 1.25. The van der Waals surface area contributed by atoms with Gasteiger partial charge in [-0.1, -0.05) is 58.4 Å². The van der Waals surface area contributed by atoms with Crippen molar-refractivity contribution in [1.82, 2.24) is 5.43 Å². The van der Waals surface area contributed by atoms with Crippen LogP contribution in [0.15, 0.2) is 88.9 Å². The third-order valence-corrected chi connectivity index (χ3v) is 4.94. The Morgan fingerprint density at radius 2 is 1.59 bits per heavy atom. The summed E-state index contributed by atoms with van der Waals surface area (Å²) in [6, 6.07) is 24.2. The molecule has 0 radical (unpaired) electrons. The maximum Gasteiger partial charge on any atom is 0.282 e. The normalized spacial score (nSPS) is 14.9. The molecule has 0 saturated carbocycles. The number of hydrogen-bond acceptors (Lipinski definition) is 3. The van der Waals surface area contributed by atoms with Crippen molar-refractivity contribution in [3.05, 3.63) is 100 Å². The first kappa shape index (κ1) is 19.0. The number of hydrogen-bond donors (Lipinski definition) is 1. The molecule has 1 aliphatic heterocycles. The van der Waals surface area contributed by atoms with E-state index in [0.717, 1.165) is 15.6 Å². The van der Waals surface area contributed by atoms with Crippen LogP contribution in [0.3, 0.4) is 0 Å². The van der Waals surface area contributed by atoms with Gasteiger partial charge >= 0.3 is 0 Å². The van der Waals surface area contributed by atoms with Crippen LogP contribution >= 0.6 is 15.9 Å². The van der Waals surface area contributed by atoms with Gasteiger partial charge in [0.15, 0.2) is 0 Å². The smallest absolute Gasteiger partial charge is 0.282 e. The van der Waals surface area contributed by atoms with E-state index in [9.17, 15) is 9.59 Å². The van der Waals surface area contributed by atoms with Crippen molar-refractivity contribution < 1.29 is 14.3 Å². The average Bonchev–Trinajstić information content (AvgIpc) is 3.03. The SMILES string of the molecule is O=C1NN(c2ccccc2)C(=O)/C1=C\c1ccc(OCc2ccc(Br)cc2)cc1. The lowest BCUT2D eigenvalue weighted by molar-refractivity contribution is -0.117. The lowest BCUT2D eigenvalue weighted by Crippen LogP contribution is -2.35. The predicted octanol–water partition coefficient (Wildman–Crippen LogP) is 4.49. The Kier molecular flexibility index (Phi) is 5.44. The minimum absolute atomic E-state index is 0.0948. The topological polar surface area (TPSA) is 58.6 Å². The van der Waals surface area contributed by atoms with Gasteiger partial charge in [0.05, 0.1) is 5.69 Å². The lowest BCUT2D eigenvalue weighted by Gasteiger charge is -2.13. The quantitative estimate of drug-likeness (QED) is 0.462. The molecule has 3 aromatic carbocycles. The van der Waals surface area contributed by atoms with E-state index in [4.69, 9.17) is 4.74 Å². The summed E-state index contributed by atoms with van der Waals surface area (Å²) in [6.45, 7) is 0.459. The molecule has 0 aliphatic carbocycles. The van der Waals surface area contributed by atoms with E-state index in [-0.39, 0.29) is 11.5 Å². The fourth-order valence-corrected chi connectivity index (χ4v) is 3.15. The van der Waals surface area contributed by atoms with Gasteiger partial charge in [-0.15, -0.1) is 0 Å². The van der Waals surface area contributed by atoms with Crippen LogP contribution in [0.2, 0.25) is 0 Å². The highest BCUT2D eigenvalue weighted by atomic mass is 79.9. The highest BCUT2D eigenvalue weighted by Crippen LogP contribution is 2.22. The van der Waals surface area contributed by atoms with Crippen molar-refractivity contribution in [3.63, 3.8) is 0 Å². The zero-order valence-electron chi connectivity index (χ0n) is 15.3. The Labute approximate surface area is 176 Å². The Balaban J connectivity index is 1.45. The number of benzene rings is 3. The number of carbonyl (C=O) groups excluding carboxylic acids is 2. The molecule has 4 rings (SSSR count). The largest absolute Gasteiger partial charge is 0.489 e. The van der Waals surface area contributed by atoms with E-state index in [2.05, 4.69) is 21.4 Å². The van der Waals surface area contributed by atoms with Gasteiger partial charge in [0.1, 0.15) is 17.9 Å². The molecule has 1 fully saturated rings. The molecule has 1 N–H and O–H groups in total. The number of nitrogens with one attached hydrogen (secondary N) is 1. The number of rotatable bonds is 5.